The van der Waals surface area contributed by atoms with Crippen LogP contribution in [0, 0.1) is 6.92 Å². The zero-order chi connectivity index (χ0) is 15.0. The number of amides is 1. The number of carbonyl (C=O) groups excluding carboxylic acids is 1. The molecule has 6 nitrogen and oxygen atoms in total. The van der Waals surface area contributed by atoms with E-state index in [1.54, 1.807) is 7.11 Å². The fourth-order valence-electron chi connectivity index (χ4n) is 2.25. The molecule has 7 heteroatoms. The van der Waals surface area contributed by atoms with Gasteiger partial charge in [-0.3, -0.25) is 9.20 Å². The predicted octanol–water partition coefficient (Wildman–Crippen LogP) is 1.78. The summed E-state index contributed by atoms with van der Waals surface area (Å²) in [5.41, 5.74) is 7.95. The largest absolute Gasteiger partial charge is 0.497 e. The van der Waals surface area contributed by atoms with Crippen LogP contribution in [0.4, 0.5) is 0 Å². The monoisotopic (exact) mass is 302 g/mol. The molecule has 2 N–H and O–H groups in total. The van der Waals surface area contributed by atoms with E-state index < -0.39 is 0 Å². The standard InChI is InChI=1S/C14H14N4O2S/c1-8-5-9-6-10(20-2)3-4-11(9)18-13(8)16-17-14(18)21-7-12(15)19/h3-6H,7H2,1-2H3,(H2,15,19). The number of pyridine rings is 1. The van der Waals surface area contributed by atoms with Crippen molar-refractivity contribution in [3.63, 3.8) is 0 Å². The van der Waals surface area contributed by atoms with E-state index in [9.17, 15) is 4.79 Å². The number of hydrogen-bond acceptors (Lipinski definition) is 5. The Kier molecular flexibility index (Phi) is 3.42. The minimum absolute atomic E-state index is 0.173. The molecule has 0 radical (unpaired) electrons. The summed E-state index contributed by atoms with van der Waals surface area (Å²) in [6.07, 6.45) is 0. The van der Waals surface area contributed by atoms with E-state index in [1.807, 2.05) is 35.6 Å². The van der Waals surface area contributed by atoms with E-state index in [0.29, 0.717) is 5.16 Å². The van der Waals surface area contributed by atoms with Gasteiger partial charge in [0, 0.05) is 5.39 Å². The number of methoxy groups -OCH3 is 1. The van der Waals surface area contributed by atoms with Gasteiger partial charge in [-0.05, 0) is 36.8 Å². The number of aromatic nitrogens is 3. The van der Waals surface area contributed by atoms with Gasteiger partial charge in [-0.1, -0.05) is 11.8 Å². The zero-order valence-corrected chi connectivity index (χ0v) is 12.5. The normalized spacial score (nSPS) is 11.1. The molecule has 21 heavy (non-hydrogen) atoms. The molecule has 0 unspecified atom stereocenters. The Morgan fingerprint density at radius 1 is 1.38 bits per heavy atom. The summed E-state index contributed by atoms with van der Waals surface area (Å²) in [5.74, 6) is 0.586. The van der Waals surface area contributed by atoms with Crippen LogP contribution >= 0.6 is 11.8 Å². The molecule has 0 saturated carbocycles. The molecule has 0 bridgehead atoms. The van der Waals surface area contributed by atoms with Gasteiger partial charge >= 0.3 is 0 Å². The highest BCUT2D eigenvalue weighted by Gasteiger charge is 2.13. The summed E-state index contributed by atoms with van der Waals surface area (Å²) in [7, 11) is 1.64. The third-order valence-electron chi connectivity index (χ3n) is 3.18. The van der Waals surface area contributed by atoms with Crippen molar-refractivity contribution in [3.8, 4) is 5.75 Å². The number of aryl methyl sites for hydroxylation is 1. The number of thioether (sulfide) groups is 1. The maximum absolute atomic E-state index is 11.0. The van der Waals surface area contributed by atoms with Gasteiger partial charge in [0.25, 0.3) is 0 Å². The number of rotatable bonds is 4. The Morgan fingerprint density at radius 2 is 2.19 bits per heavy atom. The molecule has 0 aliphatic carbocycles. The van der Waals surface area contributed by atoms with Gasteiger partial charge in [0.2, 0.25) is 5.91 Å². The Labute approximate surface area is 125 Å². The second-order valence-corrected chi connectivity index (χ2v) is 5.59. The molecule has 0 atom stereocenters. The van der Waals surface area contributed by atoms with Crippen LogP contribution in [0.5, 0.6) is 5.75 Å². The van der Waals surface area contributed by atoms with Crippen LogP contribution in [0.3, 0.4) is 0 Å². The van der Waals surface area contributed by atoms with Gasteiger partial charge in [-0.15, -0.1) is 10.2 Å². The Bertz CT molecular complexity index is 844. The second-order valence-electron chi connectivity index (χ2n) is 4.65. The van der Waals surface area contributed by atoms with Crippen LogP contribution in [0.2, 0.25) is 0 Å². The molecule has 1 amide bonds. The Morgan fingerprint density at radius 3 is 2.90 bits per heavy atom. The number of nitrogens with two attached hydrogens (primary N) is 1. The molecule has 3 rings (SSSR count). The average molecular weight is 302 g/mol. The highest BCUT2D eigenvalue weighted by molar-refractivity contribution is 7.99. The van der Waals surface area contributed by atoms with Crippen molar-refractivity contribution in [3.05, 3.63) is 29.8 Å². The second kappa shape index (κ2) is 5.25. The van der Waals surface area contributed by atoms with E-state index in [-0.39, 0.29) is 11.7 Å². The molecule has 0 spiro atoms. The maximum atomic E-state index is 11.0. The molecule has 3 aromatic rings. The van der Waals surface area contributed by atoms with E-state index >= 15 is 0 Å². The lowest BCUT2D eigenvalue weighted by atomic mass is 10.1. The summed E-state index contributed by atoms with van der Waals surface area (Å²) in [6.45, 7) is 1.98. The van der Waals surface area contributed by atoms with Crippen LogP contribution < -0.4 is 10.5 Å². The number of nitrogens with zero attached hydrogens (tertiary/aromatic N) is 3. The number of hydrogen-bond donors (Lipinski definition) is 1. The number of ether oxygens (including phenoxy) is 1. The molecular weight excluding hydrogens is 288 g/mol. The summed E-state index contributed by atoms with van der Waals surface area (Å²) in [4.78, 5) is 11.0. The van der Waals surface area contributed by atoms with Crippen LogP contribution in [0.25, 0.3) is 16.6 Å². The topological polar surface area (TPSA) is 82.5 Å². The van der Waals surface area contributed by atoms with Crippen molar-refractivity contribution in [2.24, 2.45) is 5.73 Å². The number of fused-ring (bicyclic) bond motifs is 3. The fourth-order valence-corrected chi connectivity index (χ4v) is 2.93. The first-order valence-corrected chi connectivity index (χ1v) is 7.32. The Hall–Kier alpha value is -2.28. The first kappa shape index (κ1) is 13.7. The lowest BCUT2D eigenvalue weighted by Gasteiger charge is -2.08. The minimum atomic E-state index is -0.379. The van der Waals surface area contributed by atoms with Crippen LogP contribution in [-0.2, 0) is 4.79 Å². The number of carbonyl (C=O) groups is 1. The van der Waals surface area contributed by atoms with Gasteiger partial charge < -0.3 is 10.5 Å². The van der Waals surface area contributed by atoms with Gasteiger partial charge in [0.05, 0.1) is 18.4 Å². The average Bonchev–Trinajstić information content (AvgIpc) is 2.89. The van der Waals surface area contributed by atoms with Gasteiger partial charge in [-0.2, -0.15) is 0 Å². The summed E-state index contributed by atoms with van der Waals surface area (Å²) >= 11 is 1.28. The maximum Gasteiger partial charge on any atom is 0.227 e. The third kappa shape index (κ3) is 2.40. The van der Waals surface area contributed by atoms with Crippen molar-refractivity contribution in [1.29, 1.82) is 0 Å². The van der Waals surface area contributed by atoms with Crippen molar-refractivity contribution in [2.45, 2.75) is 12.1 Å². The quantitative estimate of drug-likeness (QED) is 0.743. The molecule has 2 heterocycles. The molecular formula is C14H14N4O2S. The first-order valence-electron chi connectivity index (χ1n) is 6.33. The van der Waals surface area contributed by atoms with E-state index in [1.165, 1.54) is 11.8 Å². The van der Waals surface area contributed by atoms with Crippen LogP contribution in [0.15, 0.2) is 29.4 Å². The van der Waals surface area contributed by atoms with E-state index in [0.717, 1.165) is 27.9 Å². The van der Waals surface area contributed by atoms with E-state index in [4.69, 9.17) is 10.5 Å². The minimum Gasteiger partial charge on any atom is -0.497 e. The first-order chi connectivity index (χ1) is 10.1. The highest BCUT2D eigenvalue weighted by Crippen LogP contribution is 2.27. The van der Waals surface area contributed by atoms with Crippen molar-refractivity contribution >= 4 is 34.2 Å². The van der Waals surface area contributed by atoms with Crippen molar-refractivity contribution in [1.82, 2.24) is 14.6 Å². The molecule has 2 aromatic heterocycles. The summed E-state index contributed by atoms with van der Waals surface area (Å²) in [5, 5.41) is 10.0. The SMILES string of the molecule is COc1ccc2c(c1)cc(C)c1nnc(SCC(N)=O)n12. The highest BCUT2D eigenvalue weighted by atomic mass is 32.2. The number of primary amides is 1. The van der Waals surface area contributed by atoms with Gasteiger partial charge in [0.15, 0.2) is 10.8 Å². The molecule has 0 aliphatic heterocycles. The molecule has 0 fully saturated rings. The summed E-state index contributed by atoms with van der Waals surface area (Å²) < 4.78 is 7.20. The smallest absolute Gasteiger partial charge is 0.227 e. The lowest BCUT2D eigenvalue weighted by molar-refractivity contribution is -0.115. The molecule has 108 valence electrons. The zero-order valence-electron chi connectivity index (χ0n) is 11.7. The van der Waals surface area contributed by atoms with Crippen molar-refractivity contribution < 1.29 is 9.53 Å². The third-order valence-corrected chi connectivity index (χ3v) is 4.13. The van der Waals surface area contributed by atoms with Crippen molar-refractivity contribution in [2.75, 3.05) is 12.9 Å². The predicted molar refractivity (Wildman–Crippen MR) is 81.7 cm³/mol. The Balaban J connectivity index is 2.24. The van der Waals surface area contributed by atoms with E-state index in [2.05, 4.69) is 10.2 Å². The number of benzene rings is 1. The molecule has 0 aliphatic rings. The summed E-state index contributed by atoms with van der Waals surface area (Å²) in [6, 6.07) is 7.85. The molecule has 0 saturated heterocycles. The van der Waals surface area contributed by atoms with Crippen LogP contribution in [-0.4, -0.2) is 33.4 Å². The lowest BCUT2D eigenvalue weighted by Crippen LogP contribution is -2.13. The molecule has 1 aromatic carbocycles. The van der Waals surface area contributed by atoms with Crippen LogP contribution in [0.1, 0.15) is 5.56 Å². The van der Waals surface area contributed by atoms with Gasteiger partial charge in [-0.25, -0.2) is 0 Å². The van der Waals surface area contributed by atoms with Gasteiger partial charge in [0.1, 0.15) is 5.75 Å². The fraction of sp³-hybridized carbons (Fsp3) is 0.214.